The van der Waals surface area contributed by atoms with Crippen LogP contribution in [0.1, 0.15) is 160 Å². The molecule has 238 valence electrons. The summed E-state index contributed by atoms with van der Waals surface area (Å²) in [7, 11) is 0. The number of hydrogen-bond acceptors (Lipinski definition) is 2. The average molecular weight is 618 g/mol. The SMILES string of the molecule is CCCCCC(C=Nc1cc(CCCCC)cc(CCCCC)c1)=Nc1cc(CCCCC)cc(CCCCC)c1.[Ni]. The first-order chi connectivity index (χ1) is 20.1. The number of aliphatic imine (C=N–C) groups is 2. The van der Waals surface area contributed by atoms with Crippen molar-refractivity contribution in [3.63, 3.8) is 0 Å². The maximum absolute atomic E-state index is 5.26. The number of unbranched alkanes of at least 4 members (excludes halogenated alkanes) is 10. The molecule has 0 aliphatic carbocycles. The molecule has 2 rings (SSSR count). The van der Waals surface area contributed by atoms with Gasteiger partial charge in [-0.05, 0) is 111 Å². The fourth-order valence-corrected chi connectivity index (χ4v) is 5.54. The monoisotopic (exact) mass is 616 g/mol. The van der Waals surface area contributed by atoms with Crippen LogP contribution in [0.3, 0.4) is 0 Å². The maximum atomic E-state index is 5.26. The molecule has 0 atom stereocenters. The fraction of sp³-hybridized carbons (Fsp3) is 0.641. The largest absolute Gasteiger partial charge is 0.255 e. The predicted molar refractivity (Wildman–Crippen MR) is 185 cm³/mol. The Morgan fingerprint density at radius 2 is 0.833 bits per heavy atom. The minimum absolute atomic E-state index is 0. The normalized spacial score (nSPS) is 11.8. The molecule has 0 aliphatic rings. The second kappa shape index (κ2) is 24.7. The molecule has 0 fully saturated rings. The van der Waals surface area contributed by atoms with E-state index in [-0.39, 0.29) is 16.5 Å². The maximum Gasteiger partial charge on any atom is 0.0639 e. The Morgan fingerprint density at radius 3 is 1.21 bits per heavy atom. The molecular weight excluding hydrogens is 555 g/mol. The van der Waals surface area contributed by atoms with Crippen LogP contribution in [0, 0.1) is 0 Å². The van der Waals surface area contributed by atoms with E-state index < -0.39 is 0 Å². The molecule has 3 heteroatoms. The molecule has 0 amide bonds. The van der Waals surface area contributed by atoms with E-state index >= 15 is 0 Å². The van der Waals surface area contributed by atoms with E-state index in [9.17, 15) is 0 Å². The van der Waals surface area contributed by atoms with Gasteiger partial charge in [0.05, 0.1) is 17.1 Å². The van der Waals surface area contributed by atoms with Gasteiger partial charge < -0.3 is 0 Å². The van der Waals surface area contributed by atoms with Crippen molar-refractivity contribution in [2.24, 2.45) is 9.98 Å². The van der Waals surface area contributed by atoms with Crippen LogP contribution in [-0.2, 0) is 42.2 Å². The zero-order valence-corrected chi connectivity index (χ0v) is 28.9. The summed E-state index contributed by atoms with van der Waals surface area (Å²) < 4.78 is 0. The molecule has 0 saturated heterocycles. The van der Waals surface area contributed by atoms with E-state index in [1.807, 2.05) is 0 Å². The molecule has 0 heterocycles. The topological polar surface area (TPSA) is 24.7 Å². The van der Waals surface area contributed by atoms with Crippen LogP contribution < -0.4 is 0 Å². The number of hydrogen-bond donors (Lipinski definition) is 0. The average Bonchev–Trinajstić information content (AvgIpc) is 2.96. The van der Waals surface area contributed by atoms with Gasteiger partial charge in [-0.1, -0.05) is 111 Å². The van der Waals surface area contributed by atoms with Gasteiger partial charge >= 0.3 is 0 Å². The zero-order valence-electron chi connectivity index (χ0n) is 27.9. The van der Waals surface area contributed by atoms with E-state index in [4.69, 9.17) is 9.98 Å². The van der Waals surface area contributed by atoms with Crippen LogP contribution in [0.4, 0.5) is 11.4 Å². The molecule has 0 saturated carbocycles. The summed E-state index contributed by atoms with van der Waals surface area (Å²) >= 11 is 0. The third kappa shape index (κ3) is 16.8. The number of benzene rings is 2. The van der Waals surface area contributed by atoms with E-state index in [1.165, 1.54) is 119 Å². The van der Waals surface area contributed by atoms with Gasteiger partial charge in [0.15, 0.2) is 0 Å². The minimum Gasteiger partial charge on any atom is -0.255 e. The Labute approximate surface area is 270 Å². The van der Waals surface area contributed by atoms with Crippen LogP contribution in [-0.4, -0.2) is 11.9 Å². The molecule has 0 unspecified atom stereocenters. The fourth-order valence-electron chi connectivity index (χ4n) is 5.54. The van der Waals surface area contributed by atoms with E-state index in [0.717, 1.165) is 49.2 Å². The van der Waals surface area contributed by atoms with Crippen molar-refractivity contribution in [3.05, 3.63) is 58.7 Å². The Balaban J connectivity index is 0.00000882. The first-order valence-electron chi connectivity index (χ1n) is 17.5. The van der Waals surface area contributed by atoms with Crippen molar-refractivity contribution in [3.8, 4) is 0 Å². The van der Waals surface area contributed by atoms with Gasteiger partial charge in [0, 0.05) is 22.7 Å². The standard InChI is InChI=1S/C39H62N2.Ni/c1-6-11-16-21-33-26-34(22-17-12-7-2)29-38(28-33)40-32-37(25-20-15-10-5)41-39-30-35(23-18-13-8-3)27-36(31-39)24-19-14-9-4;/h26-32H,6-25H2,1-5H3;. The van der Waals surface area contributed by atoms with Gasteiger partial charge in [-0.2, -0.15) is 0 Å². The van der Waals surface area contributed by atoms with Gasteiger partial charge in [0.2, 0.25) is 0 Å². The van der Waals surface area contributed by atoms with Gasteiger partial charge in [0.25, 0.3) is 0 Å². The van der Waals surface area contributed by atoms with Crippen LogP contribution in [0.15, 0.2) is 46.4 Å². The van der Waals surface area contributed by atoms with Crippen molar-refractivity contribution in [2.45, 2.75) is 163 Å². The van der Waals surface area contributed by atoms with Crippen molar-refractivity contribution in [1.29, 1.82) is 0 Å². The summed E-state index contributed by atoms with van der Waals surface area (Å²) in [4.78, 5) is 10.3. The van der Waals surface area contributed by atoms with Crippen molar-refractivity contribution in [1.82, 2.24) is 0 Å². The molecule has 2 aromatic carbocycles. The second-order valence-corrected chi connectivity index (χ2v) is 12.2. The summed E-state index contributed by atoms with van der Waals surface area (Å²) in [6, 6.07) is 14.2. The first kappa shape index (κ1) is 38.3. The second-order valence-electron chi connectivity index (χ2n) is 12.2. The Hall–Kier alpha value is -1.73. The number of nitrogens with zero attached hydrogens (tertiary/aromatic N) is 2. The molecular formula is C39H62N2Ni. The van der Waals surface area contributed by atoms with E-state index in [0.29, 0.717) is 0 Å². The summed E-state index contributed by atoms with van der Waals surface area (Å²) in [5, 5.41) is 0. The Morgan fingerprint density at radius 1 is 0.476 bits per heavy atom. The van der Waals surface area contributed by atoms with Gasteiger partial charge in [0.1, 0.15) is 0 Å². The Bertz CT molecular complexity index is 967. The summed E-state index contributed by atoms with van der Waals surface area (Å²) in [5.41, 5.74) is 9.13. The number of aryl methyl sites for hydroxylation is 4. The van der Waals surface area contributed by atoms with Gasteiger partial charge in [-0.3, -0.25) is 9.98 Å². The molecule has 0 N–H and O–H groups in total. The third-order valence-electron chi connectivity index (χ3n) is 8.02. The van der Waals surface area contributed by atoms with Crippen LogP contribution in [0.5, 0.6) is 0 Å². The minimum atomic E-state index is 0. The molecule has 0 radical (unpaired) electrons. The van der Waals surface area contributed by atoms with Crippen LogP contribution in [0.2, 0.25) is 0 Å². The van der Waals surface area contributed by atoms with Crippen molar-refractivity contribution in [2.75, 3.05) is 0 Å². The summed E-state index contributed by atoms with van der Waals surface area (Å²) in [6.45, 7) is 11.4. The molecule has 0 spiro atoms. The molecule has 0 aromatic heterocycles. The smallest absolute Gasteiger partial charge is 0.0639 e. The molecule has 0 aliphatic heterocycles. The quantitative estimate of drug-likeness (QED) is 0.0673. The van der Waals surface area contributed by atoms with Crippen LogP contribution in [0.25, 0.3) is 0 Å². The molecule has 0 bridgehead atoms. The van der Waals surface area contributed by atoms with Crippen LogP contribution >= 0.6 is 0 Å². The third-order valence-corrected chi connectivity index (χ3v) is 8.02. The van der Waals surface area contributed by atoms with Crippen molar-refractivity contribution < 1.29 is 16.5 Å². The molecule has 2 aromatic rings. The summed E-state index contributed by atoms with van der Waals surface area (Å²) in [6.07, 6.45) is 26.6. The molecule has 2 nitrogen and oxygen atoms in total. The van der Waals surface area contributed by atoms with Crippen molar-refractivity contribution >= 4 is 23.3 Å². The zero-order chi connectivity index (χ0) is 29.5. The van der Waals surface area contributed by atoms with Gasteiger partial charge in [-0.15, -0.1) is 0 Å². The Kier molecular flexibility index (Phi) is 22.5. The van der Waals surface area contributed by atoms with E-state index in [1.54, 1.807) is 0 Å². The van der Waals surface area contributed by atoms with Gasteiger partial charge in [-0.25, -0.2) is 0 Å². The molecule has 42 heavy (non-hydrogen) atoms. The van der Waals surface area contributed by atoms with E-state index in [2.05, 4.69) is 77.2 Å². The summed E-state index contributed by atoms with van der Waals surface area (Å²) in [5.74, 6) is 0. The first-order valence-corrected chi connectivity index (χ1v) is 17.5. The predicted octanol–water partition coefficient (Wildman–Crippen LogP) is 12.7. The number of rotatable bonds is 23.